The predicted molar refractivity (Wildman–Crippen MR) is 55.3 cm³/mol. The highest BCUT2D eigenvalue weighted by Gasteiger charge is 2.23. The van der Waals surface area contributed by atoms with Crippen LogP contribution in [-0.4, -0.2) is 24.1 Å². The van der Waals surface area contributed by atoms with Crippen molar-refractivity contribution in [1.29, 1.82) is 0 Å². The Morgan fingerprint density at radius 2 is 1.67 bits per heavy atom. The van der Waals surface area contributed by atoms with Crippen molar-refractivity contribution in [2.24, 2.45) is 5.92 Å². The summed E-state index contributed by atoms with van der Waals surface area (Å²) in [4.78, 5) is 33.3. The smallest absolute Gasteiger partial charge is 0.306 e. The first-order chi connectivity index (χ1) is 6.99. The van der Waals surface area contributed by atoms with Crippen LogP contribution in [0.1, 0.15) is 40.0 Å². The zero-order valence-corrected chi connectivity index (χ0v) is 9.54. The van der Waals surface area contributed by atoms with Crippen LogP contribution in [0.3, 0.4) is 0 Å². The maximum atomic E-state index is 11.2. The fourth-order valence-corrected chi connectivity index (χ4v) is 1.13. The maximum absolute atomic E-state index is 11.2. The van der Waals surface area contributed by atoms with E-state index in [1.807, 2.05) is 6.92 Å². The molecule has 0 aliphatic rings. The van der Waals surface area contributed by atoms with E-state index in [9.17, 15) is 14.4 Å². The SMILES string of the molecule is CCCCOC(=O)CC(C(C)=O)C(C)=O. The van der Waals surface area contributed by atoms with Gasteiger partial charge in [0.25, 0.3) is 0 Å². The number of ether oxygens (including phenoxy) is 1. The third-order valence-corrected chi connectivity index (χ3v) is 2.11. The summed E-state index contributed by atoms with van der Waals surface area (Å²) in [6.07, 6.45) is 1.61. The Hall–Kier alpha value is -1.19. The van der Waals surface area contributed by atoms with Crippen LogP contribution in [0.15, 0.2) is 0 Å². The lowest BCUT2D eigenvalue weighted by Crippen LogP contribution is -2.24. The van der Waals surface area contributed by atoms with E-state index in [0.717, 1.165) is 12.8 Å². The second-order valence-corrected chi connectivity index (χ2v) is 3.55. The van der Waals surface area contributed by atoms with Crippen molar-refractivity contribution in [3.8, 4) is 0 Å². The van der Waals surface area contributed by atoms with Gasteiger partial charge in [-0.15, -0.1) is 0 Å². The van der Waals surface area contributed by atoms with Gasteiger partial charge < -0.3 is 4.74 Å². The van der Waals surface area contributed by atoms with Gasteiger partial charge in [-0.3, -0.25) is 14.4 Å². The Morgan fingerprint density at radius 3 is 2.07 bits per heavy atom. The second-order valence-electron chi connectivity index (χ2n) is 3.55. The largest absolute Gasteiger partial charge is 0.466 e. The molecule has 0 fully saturated rings. The summed E-state index contributed by atoms with van der Waals surface area (Å²) in [5.74, 6) is -1.87. The molecule has 0 aliphatic carbocycles. The van der Waals surface area contributed by atoms with Gasteiger partial charge in [-0.1, -0.05) is 13.3 Å². The van der Waals surface area contributed by atoms with E-state index in [1.165, 1.54) is 13.8 Å². The molecule has 0 saturated carbocycles. The van der Waals surface area contributed by atoms with Gasteiger partial charge in [-0.25, -0.2) is 0 Å². The van der Waals surface area contributed by atoms with E-state index in [0.29, 0.717) is 6.61 Å². The van der Waals surface area contributed by atoms with Gasteiger partial charge in [0.15, 0.2) is 0 Å². The van der Waals surface area contributed by atoms with Crippen molar-refractivity contribution in [2.45, 2.75) is 40.0 Å². The number of rotatable bonds is 7. The van der Waals surface area contributed by atoms with E-state index in [-0.39, 0.29) is 18.0 Å². The fraction of sp³-hybridized carbons (Fsp3) is 0.727. The number of hydrogen-bond acceptors (Lipinski definition) is 4. The average molecular weight is 214 g/mol. The Morgan fingerprint density at radius 1 is 1.13 bits per heavy atom. The highest BCUT2D eigenvalue weighted by Crippen LogP contribution is 2.07. The third-order valence-electron chi connectivity index (χ3n) is 2.11. The molecule has 0 saturated heterocycles. The summed E-state index contributed by atoms with van der Waals surface area (Å²) in [5.41, 5.74) is 0. The molecule has 15 heavy (non-hydrogen) atoms. The third kappa shape index (κ3) is 5.99. The number of carbonyl (C=O) groups excluding carboxylic acids is 3. The van der Waals surface area contributed by atoms with Gasteiger partial charge in [0, 0.05) is 0 Å². The molecule has 4 heteroatoms. The van der Waals surface area contributed by atoms with Crippen LogP contribution in [0.5, 0.6) is 0 Å². The number of Topliss-reactive ketones (excluding diaryl/α,β-unsaturated/α-hetero) is 2. The Kier molecular flexibility index (Phi) is 6.58. The van der Waals surface area contributed by atoms with Crippen LogP contribution < -0.4 is 0 Å². The quantitative estimate of drug-likeness (QED) is 0.366. The van der Waals surface area contributed by atoms with Crippen LogP contribution in [0, 0.1) is 5.92 Å². The van der Waals surface area contributed by atoms with Crippen LogP contribution in [0.2, 0.25) is 0 Å². The normalized spacial score (nSPS) is 10.1. The molecule has 86 valence electrons. The number of hydrogen-bond donors (Lipinski definition) is 0. The minimum atomic E-state index is -0.834. The number of carbonyl (C=O) groups is 3. The minimum absolute atomic E-state index is 0.131. The first-order valence-electron chi connectivity index (χ1n) is 5.15. The molecule has 0 N–H and O–H groups in total. The molecule has 0 spiro atoms. The second kappa shape index (κ2) is 7.15. The van der Waals surface area contributed by atoms with E-state index in [4.69, 9.17) is 4.74 Å². The molecule has 0 aromatic rings. The Labute approximate surface area is 90.0 Å². The summed E-state index contributed by atoms with van der Waals surface area (Å²) in [6, 6.07) is 0. The van der Waals surface area contributed by atoms with E-state index >= 15 is 0 Å². The first-order valence-corrected chi connectivity index (χ1v) is 5.15. The molecule has 0 amide bonds. The van der Waals surface area contributed by atoms with E-state index < -0.39 is 11.9 Å². The standard InChI is InChI=1S/C11H18O4/c1-4-5-6-15-11(14)7-10(8(2)12)9(3)13/h10H,4-7H2,1-3H3. The zero-order chi connectivity index (χ0) is 11.8. The summed E-state index contributed by atoms with van der Waals surface area (Å²) in [7, 11) is 0. The van der Waals surface area contributed by atoms with Gasteiger partial charge in [0.1, 0.15) is 11.6 Å². The molecule has 0 rings (SSSR count). The van der Waals surface area contributed by atoms with Gasteiger partial charge in [-0.05, 0) is 20.3 Å². The summed E-state index contributed by atoms with van der Waals surface area (Å²) < 4.78 is 4.87. The van der Waals surface area contributed by atoms with Crippen LogP contribution in [0.25, 0.3) is 0 Å². The van der Waals surface area contributed by atoms with Gasteiger partial charge in [-0.2, -0.15) is 0 Å². The van der Waals surface area contributed by atoms with Crippen molar-refractivity contribution >= 4 is 17.5 Å². The molecule has 0 aromatic carbocycles. The number of esters is 1. The van der Waals surface area contributed by atoms with Gasteiger partial charge in [0.2, 0.25) is 0 Å². The summed E-state index contributed by atoms with van der Waals surface area (Å²) in [6.45, 7) is 4.97. The molecule has 0 bridgehead atoms. The zero-order valence-electron chi connectivity index (χ0n) is 9.54. The molecule has 0 atom stereocenters. The fourth-order valence-electron chi connectivity index (χ4n) is 1.13. The molecule has 4 nitrogen and oxygen atoms in total. The topological polar surface area (TPSA) is 60.4 Å². The van der Waals surface area contributed by atoms with Gasteiger partial charge in [0.05, 0.1) is 18.9 Å². The maximum Gasteiger partial charge on any atom is 0.306 e. The van der Waals surface area contributed by atoms with Crippen molar-refractivity contribution in [3.63, 3.8) is 0 Å². The number of unbranched alkanes of at least 4 members (excludes halogenated alkanes) is 1. The Balaban J connectivity index is 4.01. The Bertz CT molecular complexity index is 231. The van der Waals surface area contributed by atoms with Crippen LogP contribution in [0.4, 0.5) is 0 Å². The highest BCUT2D eigenvalue weighted by molar-refractivity contribution is 6.02. The van der Waals surface area contributed by atoms with Crippen LogP contribution in [-0.2, 0) is 19.1 Å². The lowest BCUT2D eigenvalue weighted by molar-refractivity contribution is -0.148. The highest BCUT2D eigenvalue weighted by atomic mass is 16.5. The van der Waals surface area contributed by atoms with Crippen LogP contribution >= 0.6 is 0 Å². The summed E-state index contributed by atoms with van der Waals surface area (Å²) >= 11 is 0. The lowest BCUT2D eigenvalue weighted by Gasteiger charge is -2.09. The summed E-state index contributed by atoms with van der Waals surface area (Å²) in [5, 5.41) is 0. The van der Waals surface area contributed by atoms with Crippen molar-refractivity contribution in [2.75, 3.05) is 6.61 Å². The van der Waals surface area contributed by atoms with Gasteiger partial charge >= 0.3 is 5.97 Å². The predicted octanol–water partition coefficient (Wildman–Crippen LogP) is 1.51. The number of ketones is 2. The first kappa shape index (κ1) is 13.8. The lowest BCUT2D eigenvalue weighted by atomic mass is 9.97. The average Bonchev–Trinajstić information content (AvgIpc) is 2.13. The minimum Gasteiger partial charge on any atom is -0.466 e. The molecular weight excluding hydrogens is 196 g/mol. The van der Waals surface area contributed by atoms with E-state index in [2.05, 4.69) is 0 Å². The van der Waals surface area contributed by atoms with Crippen molar-refractivity contribution in [3.05, 3.63) is 0 Å². The molecule has 0 unspecified atom stereocenters. The van der Waals surface area contributed by atoms with E-state index in [1.54, 1.807) is 0 Å². The molecule has 0 heterocycles. The molecule has 0 aliphatic heterocycles. The molecular formula is C11H18O4. The van der Waals surface area contributed by atoms with Crippen molar-refractivity contribution in [1.82, 2.24) is 0 Å². The molecule has 0 aromatic heterocycles. The molecule has 0 radical (unpaired) electrons. The van der Waals surface area contributed by atoms with Crippen molar-refractivity contribution < 1.29 is 19.1 Å². The monoisotopic (exact) mass is 214 g/mol.